The highest BCUT2D eigenvalue weighted by Gasteiger charge is 2.33. The second kappa shape index (κ2) is 10.4. The van der Waals surface area contributed by atoms with Crippen LogP contribution in [-0.4, -0.2) is 23.4 Å². The molecule has 1 aliphatic heterocycles. The molecule has 0 unspecified atom stereocenters. The molecule has 6 nitrogen and oxygen atoms in total. The summed E-state index contributed by atoms with van der Waals surface area (Å²) in [6, 6.07) is 20.1. The van der Waals surface area contributed by atoms with E-state index in [0.29, 0.717) is 35.3 Å². The Balaban J connectivity index is 1.49. The fourth-order valence-electron chi connectivity index (χ4n) is 3.50. The summed E-state index contributed by atoms with van der Waals surface area (Å²) in [5.74, 6) is 0.784. The van der Waals surface area contributed by atoms with Crippen molar-refractivity contribution >= 4 is 29.6 Å². The van der Waals surface area contributed by atoms with E-state index in [1.54, 1.807) is 42.5 Å². The number of nitrogens with zero attached hydrogens (tertiary/aromatic N) is 1. The normalized spacial score (nSPS) is 14.4. The predicted molar refractivity (Wildman–Crippen MR) is 132 cm³/mol. The van der Waals surface area contributed by atoms with Crippen LogP contribution in [0.1, 0.15) is 29.2 Å². The van der Waals surface area contributed by atoms with Crippen molar-refractivity contribution in [1.29, 1.82) is 0 Å². The van der Waals surface area contributed by atoms with E-state index in [1.807, 2.05) is 44.2 Å². The average Bonchev–Trinajstić information content (AvgIpc) is 3.08. The molecule has 3 amide bonds. The topological polar surface area (TPSA) is 67.9 Å². The van der Waals surface area contributed by atoms with Crippen molar-refractivity contribution in [2.24, 2.45) is 0 Å². The molecule has 3 aromatic rings. The van der Waals surface area contributed by atoms with Gasteiger partial charge in [-0.1, -0.05) is 59.6 Å². The molecule has 1 saturated heterocycles. The Labute approximate surface area is 203 Å². The number of carbonyl (C=O) groups is 2. The van der Waals surface area contributed by atoms with Crippen LogP contribution in [0, 0.1) is 6.92 Å². The van der Waals surface area contributed by atoms with Gasteiger partial charge in [-0.25, -0.2) is 4.79 Å². The largest absolute Gasteiger partial charge is 0.490 e. The highest BCUT2D eigenvalue weighted by Crippen LogP contribution is 2.30. The van der Waals surface area contributed by atoms with Crippen LogP contribution in [-0.2, 0) is 17.9 Å². The molecule has 1 aliphatic rings. The Hall–Kier alpha value is -3.77. The number of nitrogens with one attached hydrogen (secondary N) is 1. The van der Waals surface area contributed by atoms with Crippen LogP contribution < -0.4 is 14.8 Å². The summed E-state index contributed by atoms with van der Waals surface area (Å²) in [6.07, 6.45) is 1.63. The number of hydrogen-bond acceptors (Lipinski definition) is 4. The zero-order valence-corrected chi connectivity index (χ0v) is 19.8. The summed E-state index contributed by atoms with van der Waals surface area (Å²) < 4.78 is 11.7. The molecule has 1 fully saturated rings. The number of benzene rings is 3. The number of aryl methyl sites for hydroxylation is 1. The highest BCUT2D eigenvalue weighted by molar-refractivity contribution is 6.30. The number of hydrogen-bond donors (Lipinski definition) is 1. The second-order valence-electron chi connectivity index (χ2n) is 7.92. The van der Waals surface area contributed by atoms with Crippen molar-refractivity contribution < 1.29 is 19.1 Å². The molecule has 0 radical (unpaired) electrons. The molecule has 4 rings (SSSR count). The number of urea groups is 1. The third-order valence-corrected chi connectivity index (χ3v) is 5.56. The van der Waals surface area contributed by atoms with E-state index in [-0.39, 0.29) is 12.2 Å². The molecule has 0 spiro atoms. The third-order valence-electron chi connectivity index (χ3n) is 5.31. The van der Waals surface area contributed by atoms with Gasteiger partial charge in [-0.15, -0.1) is 0 Å². The van der Waals surface area contributed by atoms with Crippen molar-refractivity contribution in [3.05, 3.63) is 99.7 Å². The zero-order chi connectivity index (χ0) is 24.1. The van der Waals surface area contributed by atoms with Gasteiger partial charge < -0.3 is 14.8 Å². The summed E-state index contributed by atoms with van der Waals surface area (Å²) in [5, 5.41) is 3.25. The Kier molecular flexibility index (Phi) is 7.18. The first kappa shape index (κ1) is 23.4. The Morgan fingerprint density at radius 3 is 2.32 bits per heavy atom. The van der Waals surface area contributed by atoms with Gasteiger partial charge in [0.2, 0.25) is 0 Å². The molecule has 174 valence electrons. The lowest BCUT2D eigenvalue weighted by Gasteiger charge is -2.13. The Bertz CT molecular complexity index is 1220. The van der Waals surface area contributed by atoms with Gasteiger partial charge in [0.15, 0.2) is 11.5 Å². The number of halogens is 1. The number of ether oxygens (including phenoxy) is 2. The minimum atomic E-state index is -0.464. The first-order chi connectivity index (χ1) is 16.4. The predicted octanol–water partition coefficient (Wildman–Crippen LogP) is 5.72. The number of amides is 3. The maximum Gasteiger partial charge on any atom is 0.329 e. The molecule has 1 heterocycles. The molecule has 34 heavy (non-hydrogen) atoms. The molecule has 1 N–H and O–H groups in total. The summed E-state index contributed by atoms with van der Waals surface area (Å²) in [6.45, 7) is 4.97. The number of carbonyl (C=O) groups excluding carboxylic acids is 2. The van der Waals surface area contributed by atoms with Crippen molar-refractivity contribution in [3.8, 4) is 11.5 Å². The van der Waals surface area contributed by atoms with Crippen LogP contribution >= 0.6 is 11.6 Å². The van der Waals surface area contributed by atoms with Crippen molar-refractivity contribution in [3.63, 3.8) is 0 Å². The Morgan fingerprint density at radius 1 is 0.912 bits per heavy atom. The van der Waals surface area contributed by atoms with Gasteiger partial charge in [0.1, 0.15) is 12.3 Å². The van der Waals surface area contributed by atoms with Crippen LogP contribution in [0.15, 0.2) is 72.4 Å². The van der Waals surface area contributed by atoms with Gasteiger partial charge in [0.25, 0.3) is 5.91 Å². The van der Waals surface area contributed by atoms with Gasteiger partial charge in [-0.05, 0) is 60.9 Å². The summed E-state index contributed by atoms with van der Waals surface area (Å²) in [5.41, 5.74) is 3.97. The molecule has 7 heteroatoms. The standard InChI is InChI=1S/C27H25ClN2O4/c1-3-33-25-15-21(10-13-24(25)34-17-20-6-4-18(2)5-7-20)14-23-26(31)30(27(32)29-23)16-19-8-11-22(28)12-9-19/h4-15H,3,16-17H2,1-2H3,(H,29,32). The minimum Gasteiger partial charge on any atom is -0.490 e. The fraction of sp³-hybridized carbons (Fsp3) is 0.185. The first-order valence-electron chi connectivity index (χ1n) is 11.0. The second-order valence-corrected chi connectivity index (χ2v) is 8.36. The lowest BCUT2D eigenvalue weighted by atomic mass is 10.1. The Morgan fingerprint density at radius 2 is 1.62 bits per heavy atom. The maximum absolute atomic E-state index is 12.8. The lowest BCUT2D eigenvalue weighted by molar-refractivity contribution is -0.123. The van der Waals surface area contributed by atoms with Gasteiger partial charge >= 0.3 is 6.03 Å². The molecule has 3 aromatic carbocycles. The van der Waals surface area contributed by atoms with E-state index in [1.165, 1.54) is 5.56 Å². The first-order valence-corrected chi connectivity index (χ1v) is 11.3. The van der Waals surface area contributed by atoms with E-state index < -0.39 is 11.9 Å². The van der Waals surface area contributed by atoms with Crippen molar-refractivity contribution in [2.75, 3.05) is 6.61 Å². The quantitative estimate of drug-likeness (QED) is 0.333. The van der Waals surface area contributed by atoms with Crippen LogP contribution in [0.25, 0.3) is 6.08 Å². The van der Waals surface area contributed by atoms with Crippen LogP contribution in [0.5, 0.6) is 11.5 Å². The van der Waals surface area contributed by atoms with Crippen LogP contribution in [0.2, 0.25) is 5.02 Å². The minimum absolute atomic E-state index is 0.162. The molecule has 0 aromatic heterocycles. The van der Waals surface area contributed by atoms with Gasteiger partial charge in [-0.3, -0.25) is 9.69 Å². The van der Waals surface area contributed by atoms with Gasteiger partial charge in [0.05, 0.1) is 13.2 Å². The van der Waals surface area contributed by atoms with E-state index in [0.717, 1.165) is 16.0 Å². The van der Waals surface area contributed by atoms with Gasteiger partial charge in [0, 0.05) is 5.02 Å². The lowest BCUT2D eigenvalue weighted by Crippen LogP contribution is -2.30. The molecular formula is C27H25ClN2O4. The van der Waals surface area contributed by atoms with E-state index in [9.17, 15) is 9.59 Å². The summed E-state index contributed by atoms with van der Waals surface area (Å²) in [4.78, 5) is 26.4. The smallest absolute Gasteiger partial charge is 0.329 e. The molecule has 0 atom stereocenters. The van der Waals surface area contributed by atoms with E-state index in [2.05, 4.69) is 5.32 Å². The fourth-order valence-corrected chi connectivity index (χ4v) is 3.63. The average molecular weight is 477 g/mol. The SMILES string of the molecule is CCOc1cc(C=C2NC(=O)N(Cc3ccc(Cl)cc3)C2=O)ccc1OCc1ccc(C)cc1. The summed E-state index contributed by atoms with van der Waals surface area (Å²) in [7, 11) is 0. The maximum atomic E-state index is 12.8. The number of imide groups is 1. The molecule has 0 aliphatic carbocycles. The van der Waals surface area contributed by atoms with Gasteiger partial charge in [-0.2, -0.15) is 0 Å². The third kappa shape index (κ3) is 5.58. The monoisotopic (exact) mass is 476 g/mol. The van der Waals surface area contributed by atoms with Crippen molar-refractivity contribution in [1.82, 2.24) is 10.2 Å². The van der Waals surface area contributed by atoms with Crippen LogP contribution in [0.3, 0.4) is 0 Å². The molecular weight excluding hydrogens is 452 g/mol. The van der Waals surface area contributed by atoms with Crippen LogP contribution in [0.4, 0.5) is 4.79 Å². The molecule has 0 saturated carbocycles. The zero-order valence-electron chi connectivity index (χ0n) is 19.0. The van der Waals surface area contributed by atoms with Crippen molar-refractivity contribution in [2.45, 2.75) is 27.0 Å². The highest BCUT2D eigenvalue weighted by atomic mass is 35.5. The molecule has 0 bridgehead atoms. The number of rotatable bonds is 8. The van der Waals surface area contributed by atoms with E-state index in [4.69, 9.17) is 21.1 Å². The summed E-state index contributed by atoms with van der Waals surface area (Å²) >= 11 is 5.91. The van der Waals surface area contributed by atoms with E-state index >= 15 is 0 Å².